The summed E-state index contributed by atoms with van der Waals surface area (Å²) in [6.07, 6.45) is 2.65. The second-order valence-electron chi connectivity index (χ2n) is 6.40. The molecule has 0 aliphatic rings. The minimum atomic E-state index is -0.995. The normalized spacial score (nSPS) is 9.42. The predicted octanol–water partition coefficient (Wildman–Crippen LogP) is 5.36. The third-order valence-electron chi connectivity index (χ3n) is 3.92. The highest BCUT2D eigenvalue weighted by Crippen LogP contribution is 2.29. The zero-order valence-electron chi connectivity index (χ0n) is 19.2. The first kappa shape index (κ1) is 28.5. The van der Waals surface area contributed by atoms with Crippen LogP contribution in [0, 0.1) is 27.7 Å². The standard InChI is InChI=1S/C11H15NO2S.C9H12OS.C2H5NO2/c1-7-5-9(14-11(13)12-3)6-8(2)10(7)15-4;1-6-4-8(10)5-7(2)9(6)11-3;1-3-2(4)5/h5-6H,1-4H3,(H,12,13);4-5,10H,1-3H3;3H,1H3,(H,4,5). The van der Waals surface area contributed by atoms with Crippen LogP contribution < -0.4 is 15.4 Å². The van der Waals surface area contributed by atoms with Crippen LogP contribution in [0.2, 0.25) is 0 Å². The highest BCUT2D eigenvalue weighted by molar-refractivity contribution is 7.99. The van der Waals surface area contributed by atoms with Crippen molar-refractivity contribution in [3.63, 3.8) is 0 Å². The van der Waals surface area contributed by atoms with Gasteiger partial charge in [0.05, 0.1) is 0 Å². The second-order valence-corrected chi connectivity index (χ2v) is 8.03. The number of thioether (sulfide) groups is 2. The lowest BCUT2D eigenvalue weighted by atomic mass is 10.1. The Morgan fingerprint density at radius 1 is 0.806 bits per heavy atom. The third-order valence-corrected chi connectivity index (χ3v) is 6.02. The molecule has 2 amide bonds. The molecule has 0 aliphatic carbocycles. The Morgan fingerprint density at radius 3 is 1.45 bits per heavy atom. The van der Waals surface area contributed by atoms with E-state index < -0.39 is 12.2 Å². The molecule has 0 saturated carbocycles. The summed E-state index contributed by atoms with van der Waals surface area (Å²) in [5.41, 5.74) is 4.55. The minimum absolute atomic E-state index is 0.359. The first-order chi connectivity index (χ1) is 14.5. The van der Waals surface area contributed by atoms with Crippen LogP contribution in [0.4, 0.5) is 9.59 Å². The zero-order valence-corrected chi connectivity index (χ0v) is 20.9. The molecule has 172 valence electrons. The molecule has 2 aromatic carbocycles. The molecule has 2 rings (SSSR count). The summed E-state index contributed by atoms with van der Waals surface area (Å²) in [5.74, 6) is 0.944. The number of ether oxygens (including phenoxy) is 1. The number of aromatic hydroxyl groups is 1. The highest BCUT2D eigenvalue weighted by Gasteiger charge is 2.07. The molecule has 4 N–H and O–H groups in total. The number of phenols is 1. The van der Waals surface area contributed by atoms with E-state index in [1.54, 1.807) is 35.7 Å². The Hall–Kier alpha value is -2.52. The smallest absolute Gasteiger partial charge is 0.412 e. The maximum absolute atomic E-state index is 11.0. The van der Waals surface area contributed by atoms with Gasteiger partial charge in [0.2, 0.25) is 0 Å². The lowest BCUT2D eigenvalue weighted by Crippen LogP contribution is -2.22. The van der Waals surface area contributed by atoms with Crippen molar-refractivity contribution < 1.29 is 24.5 Å². The van der Waals surface area contributed by atoms with Crippen LogP contribution in [-0.2, 0) is 0 Å². The van der Waals surface area contributed by atoms with Crippen LogP contribution >= 0.6 is 23.5 Å². The Morgan fingerprint density at radius 2 is 1.16 bits per heavy atom. The van der Waals surface area contributed by atoms with Gasteiger partial charge in [0.25, 0.3) is 0 Å². The summed E-state index contributed by atoms with van der Waals surface area (Å²) in [6, 6.07) is 7.32. The number of benzene rings is 2. The van der Waals surface area contributed by atoms with Gasteiger partial charge in [-0.05, 0) is 86.7 Å². The third kappa shape index (κ3) is 10.4. The van der Waals surface area contributed by atoms with Gasteiger partial charge < -0.3 is 25.6 Å². The van der Waals surface area contributed by atoms with Crippen LogP contribution in [0.15, 0.2) is 34.1 Å². The van der Waals surface area contributed by atoms with Crippen LogP contribution in [0.25, 0.3) is 0 Å². The summed E-state index contributed by atoms with van der Waals surface area (Å²) in [7, 11) is 2.89. The van der Waals surface area contributed by atoms with Crippen molar-refractivity contribution in [3.05, 3.63) is 46.5 Å². The van der Waals surface area contributed by atoms with Crippen molar-refractivity contribution in [2.45, 2.75) is 37.5 Å². The molecule has 0 atom stereocenters. The minimum Gasteiger partial charge on any atom is -0.508 e. The van der Waals surface area contributed by atoms with E-state index >= 15 is 0 Å². The molecule has 0 radical (unpaired) electrons. The molecule has 7 nitrogen and oxygen atoms in total. The molecule has 31 heavy (non-hydrogen) atoms. The Kier molecular flexibility index (Phi) is 13.3. The van der Waals surface area contributed by atoms with Crippen molar-refractivity contribution >= 4 is 35.7 Å². The van der Waals surface area contributed by atoms with E-state index in [0.717, 1.165) is 22.3 Å². The fourth-order valence-electron chi connectivity index (χ4n) is 2.70. The Bertz CT molecular complexity index is 842. The van der Waals surface area contributed by atoms with E-state index in [1.807, 2.05) is 57.7 Å². The van der Waals surface area contributed by atoms with Gasteiger partial charge in [-0.2, -0.15) is 0 Å². The van der Waals surface area contributed by atoms with E-state index in [-0.39, 0.29) is 0 Å². The van der Waals surface area contributed by atoms with Crippen LogP contribution in [0.3, 0.4) is 0 Å². The Labute approximate surface area is 193 Å². The van der Waals surface area contributed by atoms with Crippen molar-refractivity contribution in [1.82, 2.24) is 10.6 Å². The molecule has 2 aromatic rings. The summed E-state index contributed by atoms with van der Waals surface area (Å²) >= 11 is 3.42. The summed E-state index contributed by atoms with van der Waals surface area (Å²) < 4.78 is 5.07. The molecule has 0 fully saturated rings. The first-order valence-corrected chi connectivity index (χ1v) is 11.7. The average molecular weight is 469 g/mol. The maximum Gasteiger partial charge on any atom is 0.412 e. The number of rotatable bonds is 3. The number of aryl methyl sites for hydroxylation is 4. The van der Waals surface area contributed by atoms with Crippen molar-refractivity contribution in [3.8, 4) is 11.5 Å². The number of phenolic OH excluding ortho intramolecular Hbond substituents is 1. The molecular formula is C22H32N2O5S2. The van der Waals surface area contributed by atoms with Crippen molar-refractivity contribution in [2.24, 2.45) is 0 Å². The lowest BCUT2D eigenvalue weighted by molar-refractivity contribution is 0.197. The van der Waals surface area contributed by atoms with Gasteiger partial charge in [-0.3, -0.25) is 0 Å². The van der Waals surface area contributed by atoms with Gasteiger partial charge >= 0.3 is 12.2 Å². The number of hydrogen-bond acceptors (Lipinski definition) is 6. The van der Waals surface area contributed by atoms with Crippen LogP contribution in [0.5, 0.6) is 11.5 Å². The van der Waals surface area contributed by atoms with Gasteiger partial charge in [0.15, 0.2) is 0 Å². The monoisotopic (exact) mass is 468 g/mol. The molecule has 0 unspecified atom stereocenters. The van der Waals surface area contributed by atoms with E-state index in [9.17, 15) is 14.7 Å². The van der Waals surface area contributed by atoms with E-state index in [1.165, 1.54) is 23.9 Å². The molecule has 9 heteroatoms. The van der Waals surface area contributed by atoms with Gasteiger partial charge in [0, 0.05) is 23.9 Å². The fourth-order valence-corrected chi connectivity index (χ4v) is 4.22. The quantitative estimate of drug-likeness (QED) is 0.449. The topological polar surface area (TPSA) is 108 Å². The van der Waals surface area contributed by atoms with Gasteiger partial charge in [0.1, 0.15) is 11.5 Å². The zero-order chi connectivity index (χ0) is 24.1. The second kappa shape index (κ2) is 14.5. The molecule has 0 heterocycles. The predicted molar refractivity (Wildman–Crippen MR) is 129 cm³/mol. The van der Waals surface area contributed by atoms with Gasteiger partial charge in [-0.25, -0.2) is 9.59 Å². The van der Waals surface area contributed by atoms with Crippen molar-refractivity contribution in [2.75, 3.05) is 26.6 Å². The maximum atomic E-state index is 11.0. The van der Waals surface area contributed by atoms with Gasteiger partial charge in [-0.1, -0.05) is 0 Å². The van der Waals surface area contributed by atoms with Crippen LogP contribution in [-0.4, -0.2) is 49.0 Å². The van der Waals surface area contributed by atoms with E-state index in [0.29, 0.717) is 11.5 Å². The summed E-state index contributed by atoms with van der Waals surface area (Å²) in [6.45, 7) is 8.04. The summed E-state index contributed by atoms with van der Waals surface area (Å²) in [4.78, 5) is 22.8. The molecule has 0 aromatic heterocycles. The van der Waals surface area contributed by atoms with E-state index in [4.69, 9.17) is 9.84 Å². The fraction of sp³-hybridized carbons (Fsp3) is 0.364. The van der Waals surface area contributed by atoms with Gasteiger partial charge in [-0.15, -0.1) is 23.5 Å². The molecule has 0 saturated heterocycles. The van der Waals surface area contributed by atoms with Crippen LogP contribution in [0.1, 0.15) is 22.3 Å². The number of amides is 2. The molecule has 0 bridgehead atoms. The number of hydrogen-bond donors (Lipinski definition) is 4. The van der Waals surface area contributed by atoms with Crippen molar-refractivity contribution in [1.29, 1.82) is 0 Å². The summed E-state index contributed by atoms with van der Waals surface area (Å²) in [5, 5.41) is 21.2. The molecular weight excluding hydrogens is 436 g/mol. The number of carbonyl (C=O) groups excluding carboxylic acids is 1. The average Bonchev–Trinajstić information content (AvgIpc) is 2.68. The largest absolute Gasteiger partial charge is 0.508 e. The Balaban J connectivity index is 0.000000492. The number of carboxylic acid groups (broad SMARTS) is 1. The first-order valence-electron chi connectivity index (χ1n) is 9.30. The molecule has 0 aliphatic heterocycles. The lowest BCUT2D eigenvalue weighted by Gasteiger charge is -2.10. The molecule has 0 spiro atoms. The number of carbonyl (C=O) groups is 2. The highest BCUT2D eigenvalue weighted by atomic mass is 32.2. The SMILES string of the molecule is CNC(=O)O.CNC(=O)Oc1cc(C)c(SC)c(C)c1.CSc1c(C)cc(O)cc1C. The van der Waals surface area contributed by atoms with E-state index in [2.05, 4.69) is 5.32 Å². The number of nitrogens with one attached hydrogen (secondary N) is 2.